The van der Waals surface area contributed by atoms with E-state index >= 15 is 0 Å². The molecule has 0 aliphatic carbocycles. The Kier molecular flexibility index (Phi) is 7.31. The number of rotatable bonds is 6. The van der Waals surface area contributed by atoms with Gasteiger partial charge in [0.05, 0.1) is 6.61 Å². The van der Waals surface area contributed by atoms with Gasteiger partial charge >= 0.3 is 0 Å². The Bertz CT molecular complexity index is 486. The highest BCUT2D eigenvalue weighted by Gasteiger charge is 2.16. The van der Waals surface area contributed by atoms with Crippen LogP contribution in [0.15, 0.2) is 11.4 Å². The van der Waals surface area contributed by atoms with Crippen LogP contribution in [0.25, 0.3) is 0 Å². The number of carbonyl (C=O) groups excluding carboxylic acids is 1. The maximum Gasteiger partial charge on any atom is 0.264 e. The van der Waals surface area contributed by atoms with E-state index in [2.05, 4.69) is 16.7 Å². The molecule has 0 bridgehead atoms. The van der Waals surface area contributed by atoms with Crippen LogP contribution >= 0.6 is 11.3 Å². The lowest BCUT2D eigenvalue weighted by atomic mass is 10.2. The number of amides is 1. The minimum absolute atomic E-state index is 0.0204. The van der Waals surface area contributed by atoms with E-state index in [4.69, 9.17) is 5.11 Å². The van der Waals surface area contributed by atoms with Gasteiger partial charge in [0.1, 0.15) is 4.88 Å². The van der Waals surface area contributed by atoms with Crippen molar-refractivity contribution < 1.29 is 9.90 Å². The van der Waals surface area contributed by atoms with Crippen LogP contribution in [0.4, 0.5) is 0 Å². The topological polar surface area (TPSA) is 43.8 Å². The summed E-state index contributed by atoms with van der Waals surface area (Å²) < 4.78 is 0. The maximum atomic E-state index is 12.3. The molecule has 1 rings (SSSR count). The van der Waals surface area contributed by atoms with E-state index in [9.17, 15) is 4.79 Å². The Morgan fingerprint density at radius 2 is 2.10 bits per heavy atom. The molecule has 0 fully saturated rings. The van der Waals surface area contributed by atoms with Gasteiger partial charge in [0.15, 0.2) is 0 Å². The summed E-state index contributed by atoms with van der Waals surface area (Å²) in [6, 6.07) is 1.86. The molecule has 0 aliphatic heterocycles. The van der Waals surface area contributed by atoms with Crippen molar-refractivity contribution in [2.45, 2.75) is 12.8 Å². The smallest absolute Gasteiger partial charge is 0.264 e. The lowest BCUT2D eigenvalue weighted by Gasteiger charge is -2.18. The molecule has 0 atom stereocenters. The van der Waals surface area contributed by atoms with Gasteiger partial charge in [-0.2, -0.15) is 0 Å². The second-order valence-corrected chi connectivity index (χ2v) is 5.74. The molecule has 20 heavy (non-hydrogen) atoms. The van der Waals surface area contributed by atoms with E-state index in [0.717, 1.165) is 25.1 Å². The molecular formula is C15H22N2O2S. The van der Waals surface area contributed by atoms with E-state index in [-0.39, 0.29) is 12.5 Å². The van der Waals surface area contributed by atoms with Gasteiger partial charge in [0.25, 0.3) is 5.91 Å². The SMILES string of the molecule is CN(C)CCCN(C)C(=O)c1sccc1C#CCCO. The molecule has 0 saturated heterocycles. The van der Waals surface area contributed by atoms with Crippen molar-refractivity contribution in [3.63, 3.8) is 0 Å². The summed E-state index contributed by atoms with van der Waals surface area (Å²) in [5, 5.41) is 10.6. The van der Waals surface area contributed by atoms with Gasteiger partial charge in [-0.05, 0) is 38.5 Å². The quantitative estimate of drug-likeness (QED) is 0.809. The highest BCUT2D eigenvalue weighted by atomic mass is 32.1. The van der Waals surface area contributed by atoms with Crippen molar-refractivity contribution in [2.24, 2.45) is 0 Å². The first-order valence-electron chi connectivity index (χ1n) is 6.63. The van der Waals surface area contributed by atoms with Crippen molar-refractivity contribution in [1.82, 2.24) is 9.80 Å². The number of carbonyl (C=O) groups is 1. The highest BCUT2D eigenvalue weighted by Crippen LogP contribution is 2.18. The minimum atomic E-state index is 0.0204. The van der Waals surface area contributed by atoms with Crippen LogP contribution < -0.4 is 0 Å². The van der Waals surface area contributed by atoms with Gasteiger partial charge in [-0.3, -0.25) is 4.79 Å². The first-order valence-corrected chi connectivity index (χ1v) is 7.51. The second kappa shape index (κ2) is 8.75. The van der Waals surface area contributed by atoms with Crippen LogP contribution in [0.2, 0.25) is 0 Å². The second-order valence-electron chi connectivity index (χ2n) is 4.82. The fraction of sp³-hybridized carbons (Fsp3) is 0.533. The summed E-state index contributed by atoms with van der Waals surface area (Å²) >= 11 is 1.42. The molecule has 0 saturated carbocycles. The van der Waals surface area contributed by atoms with Crippen LogP contribution in [-0.2, 0) is 0 Å². The number of hydrogen-bond donors (Lipinski definition) is 1. The van der Waals surface area contributed by atoms with Gasteiger partial charge in [-0.15, -0.1) is 11.3 Å². The summed E-state index contributed by atoms with van der Waals surface area (Å²) in [7, 11) is 5.87. The molecule has 1 heterocycles. The molecule has 0 aromatic carbocycles. The average Bonchev–Trinajstić information content (AvgIpc) is 2.86. The van der Waals surface area contributed by atoms with Crippen molar-refractivity contribution in [2.75, 3.05) is 40.8 Å². The molecule has 0 spiro atoms. The molecule has 0 radical (unpaired) electrons. The van der Waals surface area contributed by atoms with Gasteiger partial charge in [0, 0.05) is 25.6 Å². The molecule has 1 aromatic heterocycles. The fourth-order valence-corrected chi connectivity index (χ4v) is 2.53. The van der Waals surface area contributed by atoms with Crippen molar-refractivity contribution in [1.29, 1.82) is 0 Å². The number of aliphatic hydroxyl groups excluding tert-OH is 1. The predicted molar refractivity (Wildman–Crippen MR) is 83.0 cm³/mol. The zero-order valence-corrected chi connectivity index (χ0v) is 13.2. The first-order chi connectivity index (χ1) is 9.56. The number of nitrogens with zero attached hydrogens (tertiary/aromatic N) is 2. The van der Waals surface area contributed by atoms with Gasteiger partial charge in [-0.25, -0.2) is 0 Å². The molecule has 0 aliphatic rings. The van der Waals surface area contributed by atoms with Crippen molar-refractivity contribution in [3.05, 3.63) is 21.9 Å². The third kappa shape index (κ3) is 5.33. The summed E-state index contributed by atoms with van der Waals surface area (Å²) in [5.41, 5.74) is 0.757. The maximum absolute atomic E-state index is 12.3. The standard InChI is InChI=1S/C15H22N2O2S/c1-16(2)9-6-10-17(3)15(19)14-13(8-12-20-14)7-4-5-11-18/h8,12,18H,5-6,9-11H2,1-3H3. The third-order valence-corrected chi connectivity index (χ3v) is 3.67. The number of hydrogen-bond acceptors (Lipinski definition) is 4. The number of aliphatic hydroxyl groups is 1. The van der Waals surface area contributed by atoms with E-state index in [0.29, 0.717) is 11.3 Å². The van der Waals surface area contributed by atoms with Gasteiger partial charge in [-0.1, -0.05) is 11.8 Å². The molecule has 1 amide bonds. The molecule has 0 unspecified atom stereocenters. The third-order valence-electron chi connectivity index (χ3n) is 2.76. The van der Waals surface area contributed by atoms with E-state index < -0.39 is 0 Å². The van der Waals surface area contributed by atoms with E-state index in [1.807, 2.05) is 32.6 Å². The van der Waals surface area contributed by atoms with Gasteiger partial charge in [0.2, 0.25) is 0 Å². The zero-order chi connectivity index (χ0) is 15.0. The summed E-state index contributed by atoms with van der Waals surface area (Å²) in [5.74, 6) is 5.83. The Labute approximate surface area is 125 Å². The first kappa shape index (κ1) is 16.7. The van der Waals surface area contributed by atoms with Crippen molar-refractivity contribution in [3.8, 4) is 11.8 Å². The van der Waals surface area contributed by atoms with Crippen LogP contribution in [0, 0.1) is 11.8 Å². The Morgan fingerprint density at radius 1 is 1.35 bits per heavy atom. The Balaban J connectivity index is 2.63. The predicted octanol–water partition coefficient (Wildman–Crippen LogP) is 1.51. The van der Waals surface area contributed by atoms with Gasteiger partial charge < -0.3 is 14.9 Å². The normalized spacial score (nSPS) is 10.2. The molecular weight excluding hydrogens is 272 g/mol. The fourth-order valence-electron chi connectivity index (χ4n) is 1.69. The monoisotopic (exact) mass is 294 g/mol. The summed E-state index contributed by atoms with van der Waals surface area (Å²) in [6.45, 7) is 1.74. The molecule has 110 valence electrons. The van der Waals surface area contributed by atoms with Crippen LogP contribution in [0.5, 0.6) is 0 Å². The Hall–Kier alpha value is -1.35. The Morgan fingerprint density at radius 3 is 2.75 bits per heavy atom. The number of thiophene rings is 1. The highest BCUT2D eigenvalue weighted by molar-refractivity contribution is 7.12. The zero-order valence-electron chi connectivity index (χ0n) is 12.3. The molecule has 1 aromatic rings. The largest absolute Gasteiger partial charge is 0.395 e. The summed E-state index contributed by atoms with van der Waals surface area (Å²) in [4.78, 5) is 16.9. The van der Waals surface area contributed by atoms with E-state index in [1.165, 1.54) is 11.3 Å². The molecule has 5 heteroatoms. The average molecular weight is 294 g/mol. The minimum Gasteiger partial charge on any atom is -0.395 e. The van der Waals surface area contributed by atoms with Crippen LogP contribution in [0.3, 0.4) is 0 Å². The van der Waals surface area contributed by atoms with E-state index in [1.54, 1.807) is 4.90 Å². The van der Waals surface area contributed by atoms with Crippen molar-refractivity contribution >= 4 is 17.2 Å². The van der Waals surface area contributed by atoms with Crippen LogP contribution in [0.1, 0.15) is 28.1 Å². The lowest BCUT2D eigenvalue weighted by Crippen LogP contribution is -2.29. The van der Waals surface area contributed by atoms with Crippen LogP contribution in [-0.4, -0.2) is 61.7 Å². The lowest BCUT2D eigenvalue weighted by molar-refractivity contribution is 0.0795. The molecule has 4 nitrogen and oxygen atoms in total. The molecule has 1 N–H and O–H groups in total. The summed E-state index contributed by atoms with van der Waals surface area (Å²) in [6.07, 6.45) is 1.38.